The molecular formula is C12H16Cl2O6. The zero-order valence-corrected chi connectivity index (χ0v) is 12.5. The number of hydrogen-bond acceptors (Lipinski definition) is 3. The van der Waals surface area contributed by atoms with Crippen molar-refractivity contribution in [2.45, 2.75) is 20.3 Å². The van der Waals surface area contributed by atoms with E-state index in [2.05, 4.69) is 13.2 Å². The summed E-state index contributed by atoms with van der Waals surface area (Å²) >= 11 is 9.69. The topological polar surface area (TPSA) is 112 Å². The van der Waals surface area contributed by atoms with Gasteiger partial charge in [-0.3, -0.25) is 4.79 Å². The number of allylic oxidation sites excluding steroid dienone is 1. The van der Waals surface area contributed by atoms with Gasteiger partial charge >= 0.3 is 17.9 Å². The molecule has 0 radical (unpaired) electrons. The molecule has 3 N–H and O–H groups in total. The van der Waals surface area contributed by atoms with Gasteiger partial charge in [-0.25, -0.2) is 9.59 Å². The monoisotopic (exact) mass is 326 g/mol. The molecule has 6 nitrogen and oxygen atoms in total. The van der Waals surface area contributed by atoms with Gasteiger partial charge < -0.3 is 15.3 Å². The van der Waals surface area contributed by atoms with E-state index in [1.807, 2.05) is 0 Å². The largest absolute Gasteiger partial charge is 0.481 e. The summed E-state index contributed by atoms with van der Waals surface area (Å²) in [5, 5.41) is 24.2. The first-order chi connectivity index (χ1) is 8.95. The molecular weight excluding hydrogens is 311 g/mol. The van der Waals surface area contributed by atoms with Gasteiger partial charge in [-0.2, -0.15) is 0 Å². The Morgan fingerprint density at radius 2 is 1.40 bits per heavy atom. The van der Waals surface area contributed by atoms with E-state index in [0.29, 0.717) is 5.57 Å². The summed E-state index contributed by atoms with van der Waals surface area (Å²) in [6.07, 6.45) is 1.05. The fourth-order valence-electron chi connectivity index (χ4n) is 0.382. The first-order valence-electron chi connectivity index (χ1n) is 4.94. The Morgan fingerprint density at radius 3 is 1.45 bits per heavy atom. The van der Waals surface area contributed by atoms with Gasteiger partial charge in [-0.15, -0.1) is 0 Å². The average Bonchev–Trinajstić information content (AvgIpc) is 2.26. The Kier molecular flexibility index (Phi) is 15.9. The second-order valence-corrected chi connectivity index (χ2v) is 4.20. The predicted molar refractivity (Wildman–Crippen MR) is 76.9 cm³/mol. The molecule has 0 saturated heterocycles. The van der Waals surface area contributed by atoms with E-state index in [0.717, 1.165) is 0 Å². The minimum absolute atomic E-state index is 0.111. The van der Waals surface area contributed by atoms with Crippen LogP contribution in [0.3, 0.4) is 0 Å². The maximum atomic E-state index is 9.87. The van der Waals surface area contributed by atoms with Crippen LogP contribution < -0.4 is 0 Å². The number of halogens is 2. The number of aliphatic carboxylic acids is 3. The van der Waals surface area contributed by atoms with E-state index in [-0.39, 0.29) is 10.1 Å². The Morgan fingerprint density at radius 1 is 1.05 bits per heavy atom. The molecule has 0 amide bonds. The van der Waals surface area contributed by atoms with Crippen molar-refractivity contribution >= 4 is 41.1 Å². The lowest BCUT2D eigenvalue weighted by Crippen LogP contribution is -2.04. The zero-order valence-electron chi connectivity index (χ0n) is 11.0. The summed E-state index contributed by atoms with van der Waals surface area (Å²) in [4.78, 5) is 29.5. The van der Waals surface area contributed by atoms with Gasteiger partial charge in [-0.05, 0) is 13.8 Å². The van der Waals surface area contributed by atoms with Crippen LogP contribution in [0, 0.1) is 0 Å². The van der Waals surface area contributed by atoms with E-state index >= 15 is 0 Å². The predicted octanol–water partition coefficient (Wildman–Crippen LogP) is 3.07. The third-order valence-electron chi connectivity index (χ3n) is 1.44. The van der Waals surface area contributed by atoms with Gasteiger partial charge in [-0.1, -0.05) is 42.4 Å². The van der Waals surface area contributed by atoms with Crippen LogP contribution in [0.15, 0.2) is 34.9 Å². The normalized spacial score (nSPS) is 9.10. The van der Waals surface area contributed by atoms with Gasteiger partial charge in [0.2, 0.25) is 0 Å². The molecule has 8 heteroatoms. The van der Waals surface area contributed by atoms with Crippen LogP contribution in [0.5, 0.6) is 0 Å². The molecule has 0 bridgehead atoms. The van der Waals surface area contributed by atoms with Crippen molar-refractivity contribution in [3.8, 4) is 0 Å². The van der Waals surface area contributed by atoms with Gasteiger partial charge in [0.1, 0.15) is 0 Å². The molecule has 0 aliphatic heterocycles. The van der Waals surface area contributed by atoms with Gasteiger partial charge in [0, 0.05) is 11.1 Å². The van der Waals surface area contributed by atoms with Crippen molar-refractivity contribution in [2.24, 2.45) is 0 Å². The molecule has 0 aromatic heterocycles. The summed E-state index contributed by atoms with van der Waals surface area (Å²) in [6.45, 7) is 9.36. The quantitative estimate of drug-likeness (QED) is 0.684. The number of rotatable bonds is 4. The first kappa shape index (κ1) is 23.3. The first-order valence-corrected chi connectivity index (χ1v) is 5.70. The lowest BCUT2D eigenvalue weighted by Gasteiger charge is -1.91. The SMILES string of the molecule is C=C(CC(=O)O)C(=O)O.C=C(Cl)Cl.CC=C(C)C(=O)O. The third-order valence-corrected chi connectivity index (χ3v) is 1.44. The minimum atomic E-state index is -1.27. The highest BCUT2D eigenvalue weighted by Crippen LogP contribution is 1.98. The van der Waals surface area contributed by atoms with E-state index in [1.54, 1.807) is 19.9 Å². The van der Waals surface area contributed by atoms with E-state index in [9.17, 15) is 14.4 Å². The molecule has 0 aliphatic rings. The van der Waals surface area contributed by atoms with Gasteiger partial charge in [0.05, 0.1) is 10.9 Å². The van der Waals surface area contributed by atoms with Crippen LogP contribution in [-0.2, 0) is 14.4 Å². The molecule has 114 valence electrons. The number of carboxylic acids is 3. The van der Waals surface area contributed by atoms with Crippen LogP contribution in [0.2, 0.25) is 0 Å². The Bertz CT molecular complexity index is 408. The Hall–Kier alpha value is -1.79. The molecule has 0 aromatic carbocycles. The van der Waals surface area contributed by atoms with E-state index in [4.69, 9.17) is 38.5 Å². The lowest BCUT2D eigenvalue weighted by molar-refractivity contribution is -0.139. The van der Waals surface area contributed by atoms with E-state index < -0.39 is 24.3 Å². The molecule has 0 aromatic rings. The van der Waals surface area contributed by atoms with Crippen molar-refractivity contribution < 1.29 is 29.7 Å². The molecule has 0 spiro atoms. The van der Waals surface area contributed by atoms with Crippen molar-refractivity contribution in [3.05, 3.63) is 34.9 Å². The molecule has 0 saturated carbocycles. The number of hydrogen-bond donors (Lipinski definition) is 3. The molecule has 0 rings (SSSR count). The molecule has 0 atom stereocenters. The van der Waals surface area contributed by atoms with Crippen LogP contribution >= 0.6 is 23.2 Å². The molecule has 0 unspecified atom stereocenters. The van der Waals surface area contributed by atoms with Crippen molar-refractivity contribution in [2.75, 3.05) is 0 Å². The summed E-state index contributed by atoms with van der Waals surface area (Å²) in [6, 6.07) is 0. The second-order valence-electron chi connectivity index (χ2n) is 3.09. The maximum absolute atomic E-state index is 9.87. The van der Waals surface area contributed by atoms with Gasteiger partial charge in [0.15, 0.2) is 0 Å². The summed E-state index contributed by atoms with van der Waals surface area (Å²) in [5.41, 5.74) is 0.0856. The Labute approximate surface area is 126 Å². The molecule has 20 heavy (non-hydrogen) atoms. The van der Waals surface area contributed by atoms with Crippen LogP contribution in [-0.4, -0.2) is 33.2 Å². The molecule has 0 heterocycles. The smallest absolute Gasteiger partial charge is 0.331 e. The van der Waals surface area contributed by atoms with Crippen LogP contribution in [0.1, 0.15) is 20.3 Å². The van der Waals surface area contributed by atoms with Crippen molar-refractivity contribution in [1.29, 1.82) is 0 Å². The highest BCUT2D eigenvalue weighted by molar-refractivity contribution is 6.55. The van der Waals surface area contributed by atoms with Gasteiger partial charge in [0.25, 0.3) is 0 Å². The summed E-state index contributed by atoms with van der Waals surface area (Å²) < 4.78 is 0.111. The standard InChI is InChI=1S/C5H6O4.C5H8O2.C2H2Cl2/c1-3(5(8)9)2-4(6)7;1-3-4(2)5(6)7;1-2(3)4/h1-2H2,(H,6,7)(H,8,9);3H,1-2H3,(H,6,7);1H2. The van der Waals surface area contributed by atoms with E-state index in [1.165, 1.54) is 0 Å². The fourth-order valence-corrected chi connectivity index (χ4v) is 0.382. The molecule has 0 fully saturated rings. The summed E-state index contributed by atoms with van der Waals surface area (Å²) in [7, 11) is 0. The molecule has 0 aliphatic carbocycles. The highest BCUT2D eigenvalue weighted by atomic mass is 35.5. The maximum Gasteiger partial charge on any atom is 0.331 e. The fraction of sp³-hybridized carbons (Fsp3) is 0.250. The minimum Gasteiger partial charge on any atom is -0.481 e. The number of carboxylic acid groups (broad SMARTS) is 3. The Balaban J connectivity index is -0.000000234. The summed E-state index contributed by atoms with van der Waals surface area (Å²) in [5.74, 6) is -3.29. The lowest BCUT2D eigenvalue weighted by atomic mass is 10.2. The van der Waals surface area contributed by atoms with Crippen LogP contribution in [0.4, 0.5) is 0 Å². The average molecular weight is 327 g/mol. The second kappa shape index (κ2) is 13.6. The zero-order chi connectivity index (χ0) is 16.9. The highest BCUT2D eigenvalue weighted by Gasteiger charge is 2.07. The number of carbonyl (C=O) groups is 3. The van der Waals surface area contributed by atoms with Crippen molar-refractivity contribution in [3.63, 3.8) is 0 Å². The third kappa shape index (κ3) is 25.2. The van der Waals surface area contributed by atoms with Crippen molar-refractivity contribution in [1.82, 2.24) is 0 Å². The van der Waals surface area contributed by atoms with Crippen LogP contribution in [0.25, 0.3) is 0 Å².